The molecule has 3 heteroatoms. The molecule has 0 aliphatic heterocycles. The van der Waals surface area contributed by atoms with Crippen molar-refractivity contribution in [3.63, 3.8) is 0 Å². The van der Waals surface area contributed by atoms with Gasteiger partial charge in [0.15, 0.2) is 0 Å². The van der Waals surface area contributed by atoms with Crippen LogP contribution in [0.25, 0.3) is 0 Å². The van der Waals surface area contributed by atoms with E-state index in [0.717, 1.165) is 13.1 Å². The largest absolute Gasteiger partial charge is 0.353 e. The number of aromatic nitrogens is 1. The highest BCUT2D eigenvalue weighted by atomic mass is 35.5. The van der Waals surface area contributed by atoms with Crippen molar-refractivity contribution in [1.82, 2.24) is 9.88 Å². The summed E-state index contributed by atoms with van der Waals surface area (Å²) in [5, 5.41) is 3.55. The molecule has 1 N–H and O–H groups in total. The molecule has 0 radical (unpaired) electrons. The lowest BCUT2D eigenvalue weighted by atomic mass is 9.70. The Kier molecular flexibility index (Phi) is 4.23. The minimum Gasteiger partial charge on any atom is -0.353 e. The minimum atomic E-state index is 0. The summed E-state index contributed by atoms with van der Waals surface area (Å²) in [6.07, 6.45) is 6.31. The lowest BCUT2D eigenvalue weighted by molar-refractivity contribution is 0.156. The van der Waals surface area contributed by atoms with E-state index >= 15 is 0 Å². The van der Waals surface area contributed by atoms with Gasteiger partial charge in [-0.3, -0.25) is 0 Å². The first-order chi connectivity index (χ1) is 6.70. The fraction of sp³-hybridized carbons (Fsp3) is 0.667. The average molecular weight is 229 g/mol. The van der Waals surface area contributed by atoms with Gasteiger partial charge in [-0.05, 0) is 30.4 Å². The molecule has 1 fully saturated rings. The molecule has 2 nitrogen and oxygen atoms in total. The predicted molar refractivity (Wildman–Crippen MR) is 66.3 cm³/mol. The molecule has 1 aliphatic carbocycles. The Bertz CT molecular complexity index is 302. The van der Waals surface area contributed by atoms with Crippen molar-refractivity contribution < 1.29 is 0 Å². The van der Waals surface area contributed by atoms with Crippen LogP contribution in [0.5, 0.6) is 0 Å². The summed E-state index contributed by atoms with van der Waals surface area (Å²) in [4.78, 5) is 0. The van der Waals surface area contributed by atoms with Crippen LogP contribution in [0, 0.1) is 5.41 Å². The van der Waals surface area contributed by atoms with Crippen molar-refractivity contribution in [3.8, 4) is 0 Å². The molecule has 86 valence electrons. The molecular weight excluding hydrogens is 208 g/mol. The van der Waals surface area contributed by atoms with Crippen molar-refractivity contribution in [2.75, 3.05) is 6.54 Å². The molecule has 1 aliphatic rings. The highest BCUT2D eigenvalue weighted by molar-refractivity contribution is 5.85. The zero-order chi connectivity index (χ0) is 10.0. The number of rotatable bonds is 4. The van der Waals surface area contributed by atoms with Crippen LogP contribution in [0.3, 0.4) is 0 Å². The summed E-state index contributed by atoms with van der Waals surface area (Å²) in [5.74, 6) is 0. The summed E-state index contributed by atoms with van der Waals surface area (Å²) in [7, 11) is 2.10. The quantitative estimate of drug-likeness (QED) is 0.839. The molecular formula is C12H21ClN2. The third-order valence-electron chi connectivity index (χ3n) is 3.47. The first kappa shape index (κ1) is 12.6. The molecule has 15 heavy (non-hydrogen) atoms. The molecule has 0 unspecified atom stereocenters. The maximum Gasteiger partial charge on any atom is 0.0359 e. The fourth-order valence-corrected chi connectivity index (χ4v) is 2.13. The van der Waals surface area contributed by atoms with Crippen LogP contribution in [0.2, 0.25) is 0 Å². The first-order valence-corrected chi connectivity index (χ1v) is 5.51. The second kappa shape index (κ2) is 5.04. The molecule has 1 aromatic rings. The summed E-state index contributed by atoms with van der Waals surface area (Å²) in [5.41, 5.74) is 1.96. The third kappa shape index (κ3) is 2.99. The molecule has 1 heterocycles. The van der Waals surface area contributed by atoms with E-state index in [2.05, 4.69) is 42.2 Å². The van der Waals surface area contributed by atoms with Gasteiger partial charge in [-0.2, -0.15) is 0 Å². The monoisotopic (exact) mass is 228 g/mol. The topological polar surface area (TPSA) is 17.0 Å². The Morgan fingerprint density at radius 1 is 1.47 bits per heavy atom. The molecule has 1 saturated carbocycles. The number of halogens is 1. The summed E-state index contributed by atoms with van der Waals surface area (Å²) in [6, 6.07) is 4.28. The van der Waals surface area contributed by atoms with Crippen molar-refractivity contribution >= 4 is 12.4 Å². The molecule has 1 aromatic heterocycles. The van der Waals surface area contributed by atoms with Gasteiger partial charge in [0.1, 0.15) is 0 Å². The second-order valence-corrected chi connectivity index (χ2v) is 4.88. The normalized spacial score (nSPS) is 18.0. The van der Waals surface area contributed by atoms with E-state index < -0.39 is 0 Å². The van der Waals surface area contributed by atoms with Crippen molar-refractivity contribution in [1.29, 1.82) is 0 Å². The average Bonchev–Trinajstić information content (AvgIpc) is 2.49. The van der Waals surface area contributed by atoms with E-state index in [1.807, 2.05) is 0 Å². The summed E-state index contributed by atoms with van der Waals surface area (Å²) in [6.45, 7) is 4.55. The Morgan fingerprint density at radius 2 is 2.20 bits per heavy atom. The van der Waals surface area contributed by atoms with Crippen LogP contribution in [0.15, 0.2) is 18.3 Å². The molecule has 0 spiro atoms. The fourth-order valence-electron chi connectivity index (χ4n) is 2.13. The molecule has 0 bridgehead atoms. The Balaban J connectivity index is 0.00000112. The van der Waals surface area contributed by atoms with Gasteiger partial charge >= 0.3 is 0 Å². The van der Waals surface area contributed by atoms with Gasteiger partial charge in [-0.15, -0.1) is 12.4 Å². The standard InChI is InChI=1S/C12H20N2.ClH/c1-12(6-4-7-12)10-13-9-11-5-3-8-14(11)2;/h3,5,8,13H,4,6-7,9-10H2,1-2H3;1H. The van der Waals surface area contributed by atoms with Crippen LogP contribution in [0.4, 0.5) is 0 Å². The third-order valence-corrected chi connectivity index (χ3v) is 3.47. The smallest absolute Gasteiger partial charge is 0.0359 e. The lowest BCUT2D eigenvalue weighted by Crippen LogP contribution is -2.37. The van der Waals surface area contributed by atoms with Gasteiger partial charge in [0.05, 0.1) is 0 Å². The first-order valence-electron chi connectivity index (χ1n) is 5.51. The lowest BCUT2D eigenvalue weighted by Gasteiger charge is -2.38. The van der Waals surface area contributed by atoms with Crippen molar-refractivity contribution in [3.05, 3.63) is 24.0 Å². The van der Waals surface area contributed by atoms with E-state index in [9.17, 15) is 0 Å². The molecule has 0 atom stereocenters. The van der Waals surface area contributed by atoms with Crippen LogP contribution in [0.1, 0.15) is 31.9 Å². The van der Waals surface area contributed by atoms with Gasteiger partial charge in [-0.25, -0.2) is 0 Å². The number of aryl methyl sites for hydroxylation is 1. The summed E-state index contributed by atoms with van der Waals surface area (Å²) < 4.78 is 2.18. The van der Waals surface area contributed by atoms with Crippen molar-refractivity contribution in [2.45, 2.75) is 32.7 Å². The molecule has 0 saturated heterocycles. The number of hydrogen-bond acceptors (Lipinski definition) is 1. The van der Waals surface area contributed by atoms with Crippen LogP contribution in [-0.4, -0.2) is 11.1 Å². The Labute approximate surface area is 98.5 Å². The molecule has 0 aromatic carbocycles. The molecule has 2 rings (SSSR count). The zero-order valence-corrected chi connectivity index (χ0v) is 10.4. The summed E-state index contributed by atoms with van der Waals surface area (Å²) >= 11 is 0. The Morgan fingerprint density at radius 3 is 2.67 bits per heavy atom. The van der Waals surface area contributed by atoms with Crippen LogP contribution in [-0.2, 0) is 13.6 Å². The number of nitrogens with zero attached hydrogens (tertiary/aromatic N) is 1. The van der Waals surface area contributed by atoms with Gasteiger partial charge in [0.25, 0.3) is 0 Å². The van der Waals surface area contributed by atoms with E-state index in [1.165, 1.54) is 25.0 Å². The number of hydrogen-bond donors (Lipinski definition) is 1. The van der Waals surface area contributed by atoms with E-state index in [4.69, 9.17) is 0 Å². The predicted octanol–water partition coefficient (Wildman–Crippen LogP) is 2.73. The SMILES string of the molecule is Cl.Cn1cccc1CNCC1(C)CCC1. The van der Waals surface area contributed by atoms with Gasteiger partial charge in [0.2, 0.25) is 0 Å². The van der Waals surface area contributed by atoms with Crippen LogP contribution >= 0.6 is 12.4 Å². The number of nitrogens with one attached hydrogen (secondary N) is 1. The maximum absolute atomic E-state index is 3.55. The molecule has 0 amide bonds. The van der Waals surface area contributed by atoms with Gasteiger partial charge < -0.3 is 9.88 Å². The maximum atomic E-state index is 3.55. The highest BCUT2D eigenvalue weighted by Gasteiger charge is 2.30. The van der Waals surface area contributed by atoms with Crippen molar-refractivity contribution in [2.24, 2.45) is 12.5 Å². The zero-order valence-electron chi connectivity index (χ0n) is 9.62. The van der Waals surface area contributed by atoms with Gasteiger partial charge in [0, 0.05) is 32.0 Å². The van der Waals surface area contributed by atoms with E-state index in [0.29, 0.717) is 5.41 Å². The van der Waals surface area contributed by atoms with E-state index in [1.54, 1.807) is 0 Å². The second-order valence-electron chi connectivity index (χ2n) is 4.88. The highest BCUT2D eigenvalue weighted by Crippen LogP contribution is 2.39. The Hall–Kier alpha value is -0.470. The van der Waals surface area contributed by atoms with Gasteiger partial charge in [-0.1, -0.05) is 13.3 Å². The minimum absolute atomic E-state index is 0. The van der Waals surface area contributed by atoms with E-state index in [-0.39, 0.29) is 12.4 Å². The van der Waals surface area contributed by atoms with Crippen LogP contribution < -0.4 is 5.32 Å².